The fourth-order valence-corrected chi connectivity index (χ4v) is 6.97. The predicted octanol–water partition coefficient (Wildman–Crippen LogP) is 5.16. The van der Waals surface area contributed by atoms with Crippen molar-refractivity contribution < 1.29 is 26.7 Å². The summed E-state index contributed by atoms with van der Waals surface area (Å²) in [6.45, 7) is 5.38. The number of carboxylic acid groups (broad SMARTS) is 1. The highest BCUT2D eigenvalue weighted by Crippen LogP contribution is 2.25. The second kappa shape index (κ2) is 16.1. The van der Waals surface area contributed by atoms with Crippen LogP contribution in [0.25, 0.3) is 0 Å². The maximum atomic E-state index is 12.6. The minimum absolute atomic E-state index is 0.0432. The minimum atomic E-state index is -3.30. The lowest BCUT2D eigenvalue weighted by Gasteiger charge is -2.23. The van der Waals surface area contributed by atoms with Gasteiger partial charge in [0.1, 0.15) is 0 Å². The molecule has 30 heavy (non-hydrogen) atoms. The number of carbonyl (C=O) groups is 1. The van der Waals surface area contributed by atoms with E-state index in [9.17, 15) is 21.6 Å². The quantitative estimate of drug-likeness (QED) is 0.247. The third-order valence-electron chi connectivity index (χ3n) is 5.89. The zero-order valence-corrected chi connectivity index (χ0v) is 20.9. The average molecular weight is 469 g/mol. The molecule has 180 valence electrons. The Labute approximate surface area is 185 Å². The highest BCUT2D eigenvalue weighted by molar-refractivity contribution is 7.92. The summed E-state index contributed by atoms with van der Waals surface area (Å²) in [6, 6.07) is 0. The van der Waals surface area contributed by atoms with Crippen LogP contribution in [0.2, 0.25) is 0 Å². The van der Waals surface area contributed by atoms with Crippen molar-refractivity contribution in [1.29, 1.82) is 0 Å². The van der Waals surface area contributed by atoms with Crippen molar-refractivity contribution >= 4 is 25.6 Å². The molecule has 0 fully saturated rings. The Balaban J connectivity index is 4.79. The molecule has 0 aliphatic rings. The Morgan fingerprint density at radius 1 is 0.667 bits per heavy atom. The molecule has 0 aliphatic carbocycles. The lowest BCUT2D eigenvalue weighted by Crippen LogP contribution is -2.33. The van der Waals surface area contributed by atoms with E-state index in [1.807, 2.05) is 0 Å². The molecule has 6 nitrogen and oxygen atoms in total. The average Bonchev–Trinajstić information content (AvgIpc) is 2.70. The van der Waals surface area contributed by atoms with Crippen LogP contribution in [0.4, 0.5) is 0 Å². The number of carboxylic acids is 1. The van der Waals surface area contributed by atoms with Gasteiger partial charge in [-0.05, 0) is 25.7 Å². The van der Waals surface area contributed by atoms with Crippen LogP contribution in [0.5, 0.6) is 0 Å². The first-order valence-electron chi connectivity index (χ1n) is 11.8. The van der Waals surface area contributed by atoms with Crippen molar-refractivity contribution in [2.24, 2.45) is 0 Å². The minimum Gasteiger partial charge on any atom is -0.481 e. The van der Waals surface area contributed by atoms with E-state index in [0.29, 0.717) is 19.3 Å². The Kier molecular flexibility index (Phi) is 15.7. The molecule has 0 saturated heterocycles. The Morgan fingerprint density at radius 2 is 1.07 bits per heavy atom. The lowest BCUT2D eigenvalue weighted by molar-refractivity contribution is -0.137. The number of hydrogen-bond acceptors (Lipinski definition) is 5. The van der Waals surface area contributed by atoms with Crippen LogP contribution in [0.15, 0.2) is 0 Å². The van der Waals surface area contributed by atoms with Gasteiger partial charge in [0.25, 0.3) is 0 Å². The van der Waals surface area contributed by atoms with Crippen molar-refractivity contribution in [1.82, 2.24) is 0 Å². The number of unbranched alkanes of at least 4 members (excludes halogenated alkanes) is 8. The van der Waals surface area contributed by atoms with Gasteiger partial charge in [0.2, 0.25) is 0 Å². The van der Waals surface area contributed by atoms with Gasteiger partial charge in [0.05, 0.1) is 10.5 Å². The van der Waals surface area contributed by atoms with Crippen molar-refractivity contribution in [2.45, 2.75) is 121 Å². The van der Waals surface area contributed by atoms with Gasteiger partial charge in [0.15, 0.2) is 19.7 Å². The Bertz CT molecular complexity index is 655. The van der Waals surface area contributed by atoms with Crippen LogP contribution < -0.4 is 0 Å². The molecule has 0 bridgehead atoms. The van der Waals surface area contributed by atoms with Crippen LogP contribution in [0.3, 0.4) is 0 Å². The van der Waals surface area contributed by atoms with Gasteiger partial charge >= 0.3 is 5.97 Å². The SMILES string of the molecule is CCCCCCC(CC(CCCCCCCCC(=O)O)S(=O)(=O)CC)S(=O)(=O)CC. The second-order valence-corrected chi connectivity index (χ2v) is 13.4. The summed E-state index contributed by atoms with van der Waals surface area (Å²) in [5, 5.41) is 7.48. The predicted molar refractivity (Wildman–Crippen MR) is 124 cm³/mol. The van der Waals surface area contributed by atoms with Gasteiger partial charge in [-0.2, -0.15) is 0 Å². The monoisotopic (exact) mass is 468 g/mol. The zero-order chi connectivity index (χ0) is 23.0. The van der Waals surface area contributed by atoms with Crippen LogP contribution in [-0.4, -0.2) is 49.9 Å². The van der Waals surface area contributed by atoms with Crippen LogP contribution in [0.1, 0.15) is 111 Å². The largest absolute Gasteiger partial charge is 0.481 e. The van der Waals surface area contributed by atoms with E-state index in [1.165, 1.54) is 0 Å². The molecule has 0 aromatic carbocycles. The van der Waals surface area contributed by atoms with Crippen LogP contribution in [0, 0.1) is 0 Å². The summed E-state index contributed by atoms with van der Waals surface area (Å²) in [6.07, 6.45) is 10.5. The summed E-state index contributed by atoms with van der Waals surface area (Å²) >= 11 is 0. The topological polar surface area (TPSA) is 106 Å². The van der Waals surface area contributed by atoms with Crippen molar-refractivity contribution in [3.8, 4) is 0 Å². The molecule has 1 N–H and O–H groups in total. The number of aliphatic carboxylic acids is 1. The fraction of sp³-hybridized carbons (Fsp3) is 0.955. The molecule has 0 saturated carbocycles. The van der Waals surface area contributed by atoms with E-state index in [2.05, 4.69) is 6.92 Å². The smallest absolute Gasteiger partial charge is 0.303 e. The van der Waals surface area contributed by atoms with Gasteiger partial charge < -0.3 is 5.11 Å². The third-order valence-corrected chi connectivity index (χ3v) is 10.4. The summed E-state index contributed by atoms with van der Waals surface area (Å²) in [5.74, 6) is -0.670. The van der Waals surface area contributed by atoms with Crippen LogP contribution in [-0.2, 0) is 24.5 Å². The molecule has 8 heteroatoms. The van der Waals surface area contributed by atoms with E-state index < -0.39 is 36.1 Å². The number of sulfone groups is 2. The van der Waals surface area contributed by atoms with Crippen molar-refractivity contribution in [3.05, 3.63) is 0 Å². The molecule has 0 aliphatic heterocycles. The van der Waals surface area contributed by atoms with Gasteiger partial charge in [-0.25, -0.2) is 16.8 Å². The Hall–Kier alpha value is -0.630. The van der Waals surface area contributed by atoms with Crippen molar-refractivity contribution in [3.63, 3.8) is 0 Å². The molecule has 0 heterocycles. The molecule has 0 aromatic heterocycles. The van der Waals surface area contributed by atoms with E-state index in [4.69, 9.17) is 5.11 Å². The van der Waals surface area contributed by atoms with Crippen LogP contribution >= 0.6 is 0 Å². The standard InChI is InChI=1S/C22H44O6S2/c1-4-7-8-13-16-20(29(25,26)5-2)19-21(30(27,28)6-3)17-14-11-9-10-12-15-18-22(23)24/h20-21H,4-19H2,1-3H3,(H,23,24). The summed E-state index contributed by atoms with van der Waals surface area (Å²) in [4.78, 5) is 10.5. The molecule has 0 rings (SSSR count). The number of hydrogen-bond donors (Lipinski definition) is 1. The second-order valence-electron chi connectivity index (χ2n) is 8.29. The maximum Gasteiger partial charge on any atom is 0.303 e. The fourth-order valence-electron chi connectivity index (χ4n) is 3.81. The molecule has 0 spiro atoms. The molecule has 2 unspecified atom stereocenters. The molecule has 0 radical (unpaired) electrons. The summed E-state index contributed by atoms with van der Waals surface area (Å²) < 4.78 is 50.5. The molecule has 2 atom stereocenters. The van der Waals surface area contributed by atoms with E-state index >= 15 is 0 Å². The highest BCUT2D eigenvalue weighted by atomic mass is 32.2. The maximum absolute atomic E-state index is 12.6. The summed E-state index contributed by atoms with van der Waals surface area (Å²) in [5.41, 5.74) is 0. The van der Waals surface area contributed by atoms with Gasteiger partial charge in [-0.15, -0.1) is 0 Å². The lowest BCUT2D eigenvalue weighted by atomic mass is 10.0. The molecule has 0 aromatic rings. The van der Waals surface area contributed by atoms with E-state index in [1.54, 1.807) is 13.8 Å². The van der Waals surface area contributed by atoms with E-state index in [-0.39, 0.29) is 24.3 Å². The zero-order valence-electron chi connectivity index (χ0n) is 19.3. The molecular weight excluding hydrogens is 424 g/mol. The third kappa shape index (κ3) is 12.9. The normalized spacial score (nSPS) is 14.5. The Morgan fingerprint density at radius 3 is 1.47 bits per heavy atom. The van der Waals surface area contributed by atoms with E-state index in [0.717, 1.165) is 57.8 Å². The first kappa shape index (κ1) is 29.4. The van der Waals surface area contributed by atoms with Gasteiger partial charge in [-0.1, -0.05) is 78.6 Å². The van der Waals surface area contributed by atoms with Crippen molar-refractivity contribution in [2.75, 3.05) is 11.5 Å². The molecule has 0 amide bonds. The number of rotatable bonds is 20. The summed E-state index contributed by atoms with van der Waals surface area (Å²) in [7, 11) is -6.58. The first-order valence-corrected chi connectivity index (χ1v) is 15.2. The highest BCUT2D eigenvalue weighted by Gasteiger charge is 2.32. The first-order chi connectivity index (χ1) is 14.1. The van der Waals surface area contributed by atoms with Gasteiger partial charge in [0, 0.05) is 17.9 Å². The van der Waals surface area contributed by atoms with Gasteiger partial charge in [-0.3, -0.25) is 4.79 Å². The molecular formula is C22H44O6S2.